The van der Waals surface area contributed by atoms with Crippen LogP contribution in [0.1, 0.15) is 18.6 Å². The molecule has 0 aliphatic heterocycles. The van der Waals surface area contributed by atoms with E-state index < -0.39 is 18.2 Å². The first-order valence-electron chi connectivity index (χ1n) is 5.41. The second-order valence-electron chi connectivity index (χ2n) is 3.56. The minimum Gasteiger partial charge on any atom is -0.464 e. The molecule has 2 N–H and O–H groups in total. The third-order valence-electron chi connectivity index (χ3n) is 2.31. The summed E-state index contributed by atoms with van der Waals surface area (Å²) in [6, 6.07) is 4.36. The van der Waals surface area contributed by atoms with E-state index in [2.05, 4.69) is 27.1 Å². The van der Waals surface area contributed by atoms with Gasteiger partial charge in [0.05, 0.1) is 22.5 Å². The monoisotopic (exact) mass is 301 g/mol. The second kappa shape index (κ2) is 7.33. The molecule has 0 aromatic heterocycles. The van der Waals surface area contributed by atoms with Crippen LogP contribution in [-0.4, -0.2) is 34.1 Å². The number of nitrogens with zero attached hydrogens (tertiary/aromatic N) is 1. The van der Waals surface area contributed by atoms with Gasteiger partial charge in [0.1, 0.15) is 6.10 Å². The van der Waals surface area contributed by atoms with Crippen LogP contribution in [0.15, 0.2) is 23.2 Å². The van der Waals surface area contributed by atoms with Crippen molar-refractivity contribution < 1.29 is 19.7 Å². The summed E-state index contributed by atoms with van der Waals surface area (Å²) in [7, 11) is 0. The summed E-state index contributed by atoms with van der Waals surface area (Å²) < 4.78 is 4.61. The van der Waals surface area contributed by atoms with Crippen LogP contribution in [0, 0.1) is 0 Å². The van der Waals surface area contributed by atoms with Crippen LogP contribution in [-0.2, 0) is 9.53 Å². The maximum Gasteiger partial charge on any atom is 0.338 e. The van der Waals surface area contributed by atoms with Gasteiger partial charge >= 0.3 is 5.97 Å². The predicted octanol–water partition coefficient (Wildman–Crippen LogP) is 2.03. The Hall–Kier alpha value is -1.30. The van der Waals surface area contributed by atoms with Gasteiger partial charge in [0, 0.05) is 0 Å². The van der Waals surface area contributed by atoms with Crippen LogP contribution in [0.5, 0.6) is 0 Å². The molecule has 1 aromatic rings. The first-order valence-corrected chi connectivity index (χ1v) is 6.20. The third-order valence-corrected chi connectivity index (χ3v) is 2.70. The van der Waals surface area contributed by atoms with Gasteiger partial charge in [-0.1, -0.05) is 17.7 Å². The van der Waals surface area contributed by atoms with Gasteiger partial charge < -0.3 is 14.9 Å². The maximum atomic E-state index is 11.3. The fraction of sp³-hybridized carbons (Fsp3) is 0.333. The number of ether oxygens (including phenoxy) is 1. The van der Waals surface area contributed by atoms with Crippen molar-refractivity contribution in [3.05, 3.63) is 28.8 Å². The van der Waals surface area contributed by atoms with Crippen LogP contribution in [0.2, 0.25) is 5.02 Å². The van der Waals surface area contributed by atoms with Crippen molar-refractivity contribution in [2.75, 3.05) is 6.61 Å². The average Bonchev–Trinajstić information content (AvgIpc) is 2.40. The van der Waals surface area contributed by atoms with Crippen LogP contribution < -0.4 is 0 Å². The molecular formula is C12H12ClNO4S. The van der Waals surface area contributed by atoms with Gasteiger partial charge in [-0.3, -0.25) is 0 Å². The number of carbonyl (C=O) groups is 1. The Morgan fingerprint density at radius 2 is 2.26 bits per heavy atom. The first-order chi connectivity index (χ1) is 9.01. The molecule has 1 rings (SSSR count). The van der Waals surface area contributed by atoms with Gasteiger partial charge in [-0.2, -0.15) is 4.99 Å². The molecule has 0 saturated heterocycles. The number of esters is 1. The highest BCUT2D eigenvalue weighted by Crippen LogP contribution is 2.29. The molecule has 2 unspecified atom stereocenters. The average molecular weight is 302 g/mol. The topological polar surface area (TPSA) is 79.1 Å². The summed E-state index contributed by atoms with van der Waals surface area (Å²) in [4.78, 5) is 15.0. The van der Waals surface area contributed by atoms with E-state index in [9.17, 15) is 15.0 Å². The molecule has 2 atom stereocenters. The fourth-order valence-electron chi connectivity index (χ4n) is 1.39. The molecule has 7 heteroatoms. The molecule has 0 bridgehead atoms. The molecule has 0 saturated carbocycles. The molecule has 0 fully saturated rings. The molecule has 102 valence electrons. The SMILES string of the molecule is CCOC(=O)C(O)C(O)c1ccc(N=C=S)c(Cl)c1. The minimum atomic E-state index is -1.67. The number of carbonyl (C=O) groups excluding carboxylic acids is 1. The number of hydrogen-bond donors (Lipinski definition) is 2. The maximum absolute atomic E-state index is 11.3. The molecule has 0 heterocycles. The van der Waals surface area contributed by atoms with E-state index in [1.807, 2.05) is 0 Å². The van der Waals surface area contributed by atoms with Crippen molar-refractivity contribution in [3.8, 4) is 0 Å². The van der Waals surface area contributed by atoms with Crippen LogP contribution in [0.4, 0.5) is 5.69 Å². The molecule has 0 aliphatic carbocycles. The van der Waals surface area contributed by atoms with E-state index >= 15 is 0 Å². The second-order valence-corrected chi connectivity index (χ2v) is 4.15. The van der Waals surface area contributed by atoms with Gasteiger partial charge in [0.15, 0.2) is 6.10 Å². The third kappa shape index (κ3) is 4.09. The molecule has 19 heavy (non-hydrogen) atoms. The van der Waals surface area contributed by atoms with Gasteiger partial charge in [-0.25, -0.2) is 4.79 Å². The molecule has 0 aliphatic rings. The number of aliphatic imine (C=N–C) groups is 1. The number of benzene rings is 1. The van der Waals surface area contributed by atoms with E-state index in [0.29, 0.717) is 5.69 Å². The van der Waals surface area contributed by atoms with Crippen molar-refractivity contribution in [1.82, 2.24) is 0 Å². The summed E-state index contributed by atoms with van der Waals surface area (Å²) in [5.41, 5.74) is 0.659. The van der Waals surface area contributed by atoms with E-state index in [0.717, 1.165) is 0 Å². The first kappa shape index (κ1) is 15.8. The Kier molecular flexibility index (Phi) is 6.08. The van der Waals surface area contributed by atoms with E-state index in [-0.39, 0.29) is 17.2 Å². The fourth-order valence-corrected chi connectivity index (χ4v) is 1.72. The number of aliphatic hydroxyl groups excluding tert-OH is 2. The standard InChI is InChI=1S/C12H12ClNO4S/c1-2-18-12(17)11(16)10(15)7-3-4-9(14-6-19)8(13)5-7/h3-5,10-11,15-16H,2H2,1H3. The predicted molar refractivity (Wildman–Crippen MR) is 73.7 cm³/mol. The lowest BCUT2D eigenvalue weighted by Crippen LogP contribution is -2.29. The number of isothiocyanates is 1. The van der Waals surface area contributed by atoms with Crippen LogP contribution in [0.3, 0.4) is 0 Å². The Morgan fingerprint density at radius 1 is 1.58 bits per heavy atom. The summed E-state index contributed by atoms with van der Waals surface area (Å²) >= 11 is 10.4. The Balaban J connectivity index is 2.94. The summed E-state index contributed by atoms with van der Waals surface area (Å²) in [6.07, 6.45) is -3.10. The Labute approximate surface area is 120 Å². The lowest BCUT2D eigenvalue weighted by Gasteiger charge is -2.17. The van der Waals surface area contributed by atoms with E-state index in [1.165, 1.54) is 18.2 Å². The Bertz CT molecular complexity index is 516. The van der Waals surface area contributed by atoms with Crippen molar-refractivity contribution in [2.45, 2.75) is 19.1 Å². The molecule has 0 amide bonds. The Morgan fingerprint density at radius 3 is 2.79 bits per heavy atom. The van der Waals surface area contributed by atoms with Gasteiger partial charge in [-0.15, -0.1) is 0 Å². The summed E-state index contributed by atoms with van der Waals surface area (Å²) in [5.74, 6) is -0.896. The lowest BCUT2D eigenvalue weighted by molar-refractivity contribution is -0.159. The molecular weight excluding hydrogens is 290 g/mol. The number of rotatable bonds is 5. The van der Waals surface area contributed by atoms with Crippen molar-refractivity contribution in [1.29, 1.82) is 0 Å². The zero-order valence-corrected chi connectivity index (χ0v) is 11.6. The smallest absolute Gasteiger partial charge is 0.338 e. The highest BCUT2D eigenvalue weighted by molar-refractivity contribution is 7.78. The highest BCUT2D eigenvalue weighted by atomic mass is 35.5. The largest absolute Gasteiger partial charge is 0.464 e. The van der Waals surface area contributed by atoms with Crippen LogP contribution >= 0.6 is 23.8 Å². The lowest BCUT2D eigenvalue weighted by atomic mass is 10.0. The minimum absolute atomic E-state index is 0.117. The number of halogens is 1. The van der Waals surface area contributed by atoms with Gasteiger partial charge in [-0.05, 0) is 36.8 Å². The molecule has 0 radical (unpaired) electrons. The van der Waals surface area contributed by atoms with Crippen molar-refractivity contribution >= 4 is 40.6 Å². The molecule has 0 spiro atoms. The van der Waals surface area contributed by atoms with Gasteiger partial charge in [0.2, 0.25) is 0 Å². The molecule has 5 nitrogen and oxygen atoms in total. The zero-order chi connectivity index (χ0) is 14.4. The van der Waals surface area contributed by atoms with Crippen molar-refractivity contribution in [2.24, 2.45) is 4.99 Å². The van der Waals surface area contributed by atoms with Crippen LogP contribution in [0.25, 0.3) is 0 Å². The summed E-state index contributed by atoms with van der Waals surface area (Å²) in [6.45, 7) is 1.72. The molecule has 1 aromatic carbocycles. The number of hydrogen-bond acceptors (Lipinski definition) is 6. The normalized spacial score (nSPS) is 13.3. The quantitative estimate of drug-likeness (QED) is 0.494. The van der Waals surface area contributed by atoms with Crippen molar-refractivity contribution in [3.63, 3.8) is 0 Å². The van der Waals surface area contributed by atoms with E-state index in [4.69, 9.17) is 11.6 Å². The highest BCUT2D eigenvalue weighted by Gasteiger charge is 2.27. The van der Waals surface area contributed by atoms with E-state index in [1.54, 1.807) is 6.92 Å². The van der Waals surface area contributed by atoms with Gasteiger partial charge in [0.25, 0.3) is 0 Å². The number of aliphatic hydroxyl groups is 2. The number of thiocarbonyl (C=S) groups is 1. The summed E-state index contributed by atoms with van der Waals surface area (Å²) in [5, 5.41) is 21.9. The zero-order valence-electron chi connectivity index (χ0n) is 10.0.